The highest BCUT2D eigenvalue weighted by Gasteiger charge is 2.58. The third-order valence-electron chi connectivity index (χ3n) is 14.2. The van der Waals surface area contributed by atoms with Crippen LogP contribution in [0.5, 0.6) is 0 Å². The van der Waals surface area contributed by atoms with Crippen LogP contribution in [0.4, 0.5) is 0 Å². The minimum Gasteiger partial charge on any atom is -0.458 e. The fraction of sp³-hybridized carbons (Fsp3) is 0.851. The molecule has 4 fully saturated rings. The highest BCUT2D eigenvalue weighted by molar-refractivity contribution is 5.97. The second-order valence-corrected chi connectivity index (χ2v) is 20.5. The molecule has 6 amide bonds. The molecule has 21 nitrogen and oxygen atoms in total. The van der Waals surface area contributed by atoms with E-state index in [2.05, 4.69) is 24.6 Å². The van der Waals surface area contributed by atoms with Crippen LogP contribution in [0.3, 0.4) is 0 Å². The van der Waals surface area contributed by atoms with E-state index in [0.717, 1.165) is 40.5 Å². The predicted molar refractivity (Wildman–Crippen MR) is 245 cm³/mol. The second kappa shape index (κ2) is 23.3. The number of hydrogen-bond donors (Lipinski definition) is 5. The number of unbranched alkanes of at least 4 members (excludes halogenated alkanes) is 1. The quantitative estimate of drug-likeness (QED) is 0.164. The lowest BCUT2D eigenvalue weighted by Gasteiger charge is -2.48. The van der Waals surface area contributed by atoms with E-state index < -0.39 is 119 Å². The van der Waals surface area contributed by atoms with Gasteiger partial charge in [-0.25, -0.2) is 20.3 Å². The minimum atomic E-state index is -2.69. The number of aliphatic hydroxyl groups is 3. The van der Waals surface area contributed by atoms with Gasteiger partial charge in [0, 0.05) is 26.6 Å². The smallest absolute Gasteiger partial charge is 0.332 e. The van der Waals surface area contributed by atoms with E-state index in [1.807, 2.05) is 13.8 Å². The van der Waals surface area contributed by atoms with Crippen molar-refractivity contribution in [3.05, 3.63) is 0 Å². The molecule has 0 saturated carbocycles. The summed E-state index contributed by atoms with van der Waals surface area (Å²) < 4.78 is 12.4. The Hall–Kier alpha value is -3.99. The van der Waals surface area contributed by atoms with Gasteiger partial charge in [0.2, 0.25) is 17.6 Å². The largest absolute Gasteiger partial charge is 0.458 e. The van der Waals surface area contributed by atoms with Crippen molar-refractivity contribution < 1.29 is 68.0 Å². The van der Waals surface area contributed by atoms with Crippen LogP contribution in [-0.4, -0.2) is 182 Å². The van der Waals surface area contributed by atoms with Crippen molar-refractivity contribution >= 4 is 41.4 Å². The Morgan fingerprint density at radius 1 is 0.941 bits per heavy atom. The zero-order chi connectivity index (χ0) is 51.2. The van der Waals surface area contributed by atoms with Gasteiger partial charge in [0.05, 0.1) is 25.9 Å². The number of hydrogen-bond acceptors (Lipinski definition) is 15. The van der Waals surface area contributed by atoms with Crippen molar-refractivity contribution in [2.75, 3.05) is 40.9 Å². The first kappa shape index (κ1) is 56.6. The highest BCUT2D eigenvalue weighted by atomic mass is 16.7. The molecule has 0 bridgehead atoms. The number of hydroxylamine groups is 4. The molecule has 4 aliphatic rings. The number of ether oxygens (including phenoxy) is 2. The molecule has 388 valence electrons. The maximum atomic E-state index is 15.2. The molecule has 68 heavy (non-hydrogen) atoms. The number of fused-ring (bicyclic) bond motifs is 2. The average Bonchev–Trinajstić information content (AvgIpc) is 3.61. The molecule has 0 spiro atoms. The number of carbonyl (C=O) groups excluding carboxylic acids is 7. The fourth-order valence-electron chi connectivity index (χ4n) is 10.1. The molecule has 11 unspecified atom stereocenters. The number of rotatable bonds is 13. The summed E-state index contributed by atoms with van der Waals surface area (Å²) in [6.45, 7) is 16.3. The van der Waals surface area contributed by atoms with E-state index in [0.29, 0.717) is 44.6 Å². The summed E-state index contributed by atoms with van der Waals surface area (Å²) in [6.07, 6.45) is 1.12. The SMILES string of the molecule is CCCCC1C(=O)N(OC)CC(=O)N2NCCCC2C(=O)N2CCC(C)(O)C2C(=O)N(OC)C(C(C)C)C(=O)OC(C(C)C)C(NC(=O)C(C)(O)C2(O)CCC(CC(C)C)C(CC)O2)C(=O)N1C. The standard InChI is InChI=1S/C47H81N7O14/c1-14-16-18-31-40(57)52(65-12)26-34(55)53-32(19-17-23-48-53)39(56)51-24-22-45(9,62)38(51)42(59)54(66-13)36(28(5)6)43(60)67-37(29(7)8)35(41(58)50(31)11)49-44(61)46(10,63)47(64)21-20-30(25-27(3)4)33(15-2)68-47/h27-33,35-38,48,62-64H,14-26H2,1-13H3,(H,49,61). The summed E-state index contributed by atoms with van der Waals surface area (Å²) in [4.78, 5) is 116. The van der Waals surface area contributed by atoms with Crippen molar-refractivity contribution in [3.8, 4) is 0 Å². The average molecular weight is 968 g/mol. The van der Waals surface area contributed by atoms with Gasteiger partial charge < -0.3 is 39.9 Å². The maximum absolute atomic E-state index is 15.2. The molecule has 4 saturated heterocycles. The van der Waals surface area contributed by atoms with E-state index in [1.54, 1.807) is 27.7 Å². The zero-order valence-corrected chi connectivity index (χ0v) is 42.6. The van der Waals surface area contributed by atoms with Gasteiger partial charge in [0.25, 0.3) is 23.6 Å². The third kappa shape index (κ3) is 11.9. The van der Waals surface area contributed by atoms with Crippen molar-refractivity contribution in [2.24, 2.45) is 23.7 Å². The van der Waals surface area contributed by atoms with E-state index in [4.69, 9.17) is 19.1 Å². The molecular formula is C47H81N7O14. The molecule has 4 rings (SSSR count). The lowest BCUT2D eigenvalue weighted by atomic mass is 9.78. The first-order valence-corrected chi connectivity index (χ1v) is 24.5. The van der Waals surface area contributed by atoms with Gasteiger partial charge in [-0.1, -0.05) is 68.2 Å². The van der Waals surface area contributed by atoms with E-state index in [9.17, 15) is 44.1 Å². The van der Waals surface area contributed by atoms with Crippen LogP contribution < -0.4 is 10.7 Å². The number of nitrogens with one attached hydrogen (secondary N) is 2. The molecule has 0 aromatic carbocycles. The van der Waals surface area contributed by atoms with E-state index >= 15 is 4.79 Å². The Bertz CT molecular complexity index is 1810. The molecule has 0 aromatic rings. The third-order valence-corrected chi connectivity index (χ3v) is 14.2. The summed E-state index contributed by atoms with van der Waals surface area (Å²) in [5, 5.41) is 41.1. The maximum Gasteiger partial charge on any atom is 0.332 e. The van der Waals surface area contributed by atoms with E-state index in [1.165, 1.54) is 26.0 Å². The number of carbonyl (C=O) groups is 7. The van der Waals surface area contributed by atoms with Crippen LogP contribution in [0.2, 0.25) is 0 Å². The molecule has 4 heterocycles. The number of amides is 6. The first-order chi connectivity index (χ1) is 31.7. The molecule has 21 heteroatoms. The molecule has 5 N–H and O–H groups in total. The van der Waals surface area contributed by atoms with Gasteiger partial charge in [0.1, 0.15) is 36.8 Å². The number of likely N-dealkylation sites (N-methyl/N-ethyl adjacent to an activating group) is 1. The Balaban J connectivity index is 1.92. The molecule has 0 aliphatic carbocycles. The monoisotopic (exact) mass is 968 g/mol. The van der Waals surface area contributed by atoms with Gasteiger partial charge in [-0.2, -0.15) is 0 Å². The fourth-order valence-corrected chi connectivity index (χ4v) is 10.1. The molecule has 0 radical (unpaired) electrons. The van der Waals surface area contributed by atoms with Gasteiger partial charge >= 0.3 is 5.97 Å². The van der Waals surface area contributed by atoms with Crippen LogP contribution in [0, 0.1) is 23.7 Å². The van der Waals surface area contributed by atoms with Crippen LogP contribution >= 0.6 is 0 Å². The lowest BCUT2D eigenvalue weighted by molar-refractivity contribution is -0.329. The van der Waals surface area contributed by atoms with Gasteiger partial charge in [-0.3, -0.25) is 43.5 Å². The normalized spacial score (nSPS) is 33.1. The number of esters is 1. The van der Waals surface area contributed by atoms with Crippen molar-refractivity contribution in [1.29, 1.82) is 0 Å². The van der Waals surface area contributed by atoms with Gasteiger partial charge in [0.15, 0.2) is 11.6 Å². The summed E-state index contributed by atoms with van der Waals surface area (Å²) in [7, 11) is 3.63. The molecular weight excluding hydrogens is 887 g/mol. The van der Waals surface area contributed by atoms with Crippen molar-refractivity contribution in [1.82, 2.24) is 35.7 Å². The zero-order valence-electron chi connectivity index (χ0n) is 42.6. The minimum absolute atomic E-state index is 0.0399. The van der Waals surface area contributed by atoms with Crippen LogP contribution in [0.1, 0.15) is 133 Å². The van der Waals surface area contributed by atoms with Crippen LogP contribution in [-0.2, 0) is 52.7 Å². The number of hydrazine groups is 1. The molecule has 0 aromatic heterocycles. The van der Waals surface area contributed by atoms with Crippen molar-refractivity contribution in [2.45, 2.75) is 193 Å². The summed E-state index contributed by atoms with van der Waals surface area (Å²) in [5.74, 6) is -10.1. The molecule has 11 atom stereocenters. The van der Waals surface area contributed by atoms with Crippen LogP contribution in [0.25, 0.3) is 0 Å². The second-order valence-electron chi connectivity index (χ2n) is 20.5. The number of nitrogens with zero attached hydrogens (tertiary/aromatic N) is 5. The Kier molecular flexibility index (Phi) is 19.4. The van der Waals surface area contributed by atoms with Gasteiger partial charge in [-0.15, -0.1) is 0 Å². The topological polar surface area (TPSA) is 257 Å². The summed E-state index contributed by atoms with van der Waals surface area (Å²) in [6, 6.07) is -7.55. The lowest BCUT2D eigenvalue weighted by Crippen LogP contribution is -2.69. The molecule has 4 aliphatic heterocycles. The van der Waals surface area contributed by atoms with Crippen molar-refractivity contribution in [3.63, 3.8) is 0 Å². The Labute approximate surface area is 401 Å². The van der Waals surface area contributed by atoms with Gasteiger partial charge in [-0.05, 0) is 82.5 Å². The summed E-state index contributed by atoms with van der Waals surface area (Å²) >= 11 is 0. The predicted octanol–water partition coefficient (Wildman–Crippen LogP) is 1.41. The first-order valence-electron chi connectivity index (χ1n) is 24.5. The van der Waals surface area contributed by atoms with E-state index in [-0.39, 0.29) is 38.1 Å². The number of cyclic esters (lactones) is 1. The Morgan fingerprint density at radius 3 is 2.16 bits per heavy atom. The highest BCUT2D eigenvalue weighted by Crippen LogP contribution is 2.42. The summed E-state index contributed by atoms with van der Waals surface area (Å²) in [5.41, 5.74) is -1.57. The van der Waals surface area contributed by atoms with Crippen LogP contribution in [0.15, 0.2) is 0 Å². The Morgan fingerprint density at radius 2 is 1.60 bits per heavy atom.